The van der Waals surface area contributed by atoms with Gasteiger partial charge < -0.3 is 14.7 Å². The van der Waals surface area contributed by atoms with E-state index in [9.17, 15) is 9.90 Å². The second-order valence-corrected chi connectivity index (χ2v) is 7.36. The molecule has 0 radical (unpaired) electrons. The zero-order chi connectivity index (χ0) is 17.9. The van der Waals surface area contributed by atoms with E-state index in [1.54, 1.807) is 6.07 Å². The molecule has 0 spiro atoms. The van der Waals surface area contributed by atoms with E-state index >= 15 is 0 Å². The van der Waals surface area contributed by atoms with Crippen LogP contribution in [0, 0.1) is 5.41 Å². The molecular formula is C20H32Cl2N2O3. The maximum Gasteiger partial charge on any atom is 0.312 e. The number of esters is 1. The number of carbonyl (C=O) groups is 1. The molecule has 0 bridgehead atoms. The minimum absolute atomic E-state index is 0. The smallest absolute Gasteiger partial charge is 0.312 e. The molecule has 2 fully saturated rings. The summed E-state index contributed by atoms with van der Waals surface area (Å²) in [6, 6.07) is 7.46. The molecule has 0 aromatic heterocycles. The average molecular weight is 419 g/mol. The Bertz CT molecular complexity index is 603. The molecule has 2 saturated heterocycles. The predicted molar refractivity (Wildman–Crippen MR) is 113 cm³/mol. The number of piperazine rings is 1. The van der Waals surface area contributed by atoms with Gasteiger partial charge in [0.15, 0.2) is 0 Å². The van der Waals surface area contributed by atoms with Crippen LogP contribution < -0.4 is 4.90 Å². The van der Waals surface area contributed by atoms with Gasteiger partial charge in [-0.3, -0.25) is 9.69 Å². The number of halogens is 2. The number of rotatable bonds is 6. The summed E-state index contributed by atoms with van der Waals surface area (Å²) in [6.45, 7) is 9.09. The number of nitrogens with zero attached hydrogens (tertiary/aromatic N) is 2. The molecule has 3 rings (SSSR count). The number of benzene rings is 1. The maximum absolute atomic E-state index is 12.2. The number of phenolic OH excluding ortho intramolecular Hbond substituents is 1. The molecule has 0 amide bonds. The number of phenols is 1. The molecule has 1 N–H and O–H groups in total. The van der Waals surface area contributed by atoms with Gasteiger partial charge in [-0.1, -0.05) is 19.9 Å². The Kier molecular flexibility index (Phi) is 9.19. The lowest BCUT2D eigenvalue weighted by molar-refractivity contribution is -0.149. The van der Waals surface area contributed by atoms with Crippen LogP contribution in [-0.2, 0) is 9.53 Å². The SMILES string of the molecule is CCC1(CC)CC(CCN2CCN(c3cccc(O)c3)CC2)OC1=O.Cl.Cl. The van der Waals surface area contributed by atoms with E-state index in [2.05, 4.69) is 23.6 Å². The first-order valence-electron chi connectivity index (χ1n) is 9.54. The molecule has 2 aliphatic rings. The number of aromatic hydroxyl groups is 1. The fraction of sp³-hybridized carbons (Fsp3) is 0.650. The van der Waals surface area contributed by atoms with Crippen molar-refractivity contribution in [2.24, 2.45) is 5.41 Å². The first-order chi connectivity index (χ1) is 12.1. The van der Waals surface area contributed by atoms with E-state index in [4.69, 9.17) is 4.74 Å². The van der Waals surface area contributed by atoms with Crippen molar-refractivity contribution in [2.75, 3.05) is 37.6 Å². The third-order valence-electron chi connectivity index (χ3n) is 6.01. The molecule has 27 heavy (non-hydrogen) atoms. The summed E-state index contributed by atoms with van der Waals surface area (Å²) in [7, 11) is 0. The van der Waals surface area contributed by atoms with Crippen molar-refractivity contribution in [3.8, 4) is 5.75 Å². The monoisotopic (exact) mass is 418 g/mol. The van der Waals surface area contributed by atoms with Crippen molar-refractivity contribution < 1.29 is 14.6 Å². The van der Waals surface area contributed by atoms with Crippen LogP contribution in [0.5, 0.6) is 5.75 Å². The zero-order valence-corrected chi connectivity index (χ0v) is 17.9. The van der Waals surface area contributed by atoms with Crippen LogP contribution in [0.1, 0.15) is 39.5 Å². The number of hydrogen-bond donors (Lipinski definition) is 1. The van der Waals surface area contributed by atoms with Gasteiger partial charge in [0.25, 0.3) is 0 Å². The summed E-state index contributed by atoms with van der Waals surface area (Å²) in [5.41, 5.74) is 0.846. The van der Waals surface area contributed by atoms with Crippen LogP contribution in [0.3, 0.4) is 0 Å². The molecule has 154 valence electrons. The van der Waals surface area contributed by atoms with Gasteiger partial charge in [-0.15, -0.1) is 24.8 Å². The highest BCUT2D eigenvalue weighted by Gasteiger charge is 2.46. The number of carbonyl (C=O) groups excluding carboxylic acids is 1. The maximum atomic E-state index is 12.2. The summed E-state index contributed by atoms with van der Waals surface area (Å²) in [4.78, 5) is 16.9. The molecule has 5 nitrogen and oxygen atoms in total. The lowest BCUT2D eigenvalue weighted by atomic mass is 9.79. The van der Waals surface area contributed by atoms with Crippen molar-refractivity contribution in [2.45, 2.75) is 45.6 Å². The lowest BCUT2D eigenvalue weighted by Gasteiger charge is -2.36. The van der Waals surface area contributed by atoms with E-state index in [0.29, 0.717) is 5.75 Å². The first kappa shape index (κ1) is 23.9. The van der Waals surface area contributed by atoms with Gasteiger partial charge in [0.2, 0.25) is 0 Å². The highest BCUT2D eigenvalue weighted by atomic mass is 35.5. The molecule has 0 saturated carbocycles. The Labute approximate surface area is 174 Å². The van der Waals surface area contributed by atoms with Gasteiger partial charge in [0.1, 0.15) is 11.9 Å². The summed E-state index contributed by atoms with van der Waals surface area (Å²) in [6.07, 6.45) is 3.64. The van der Waals surface area contributed by atoms with Crippen LogP contribution >= 0.6 is 24.8 Å². The Morgan fingerprint density at radius 2 is 1.81 bits per heavy atom. The molecule has 2 heterocycles. The van der Waals surface area contributed by atoms with Crippen molar-refractivity contribution in [3.05, 3.63) is 24.3 Å². The van der Waals surface area contributed by atoms with Crippen molar-refractivity contribution >= 4 is 36.5 Å². The van der Waals surface area contributed by atoms with Crippen LogP contribution in [-0.4, -0.2) is 54.8 Å². The Balaban J connectivity index is 0.00000182. The minimum atomic E-state index is -0.237. The number of cyclic esters (lactones) is 1. The normalized spacial score (nSPS) is 21.9. The van der Waals surface area contributed by atoms with Gasteiger partial charge in [0.05, 0.1) is 5.41 Å². The highest BCUT2D eigenvalue weighted by molar-refractivity contribution is 5.85. The quantitative estimate of drug-likeness (QED) is 0.710. The zero-order valence-electron chi connectivity index (χ0n) is 16.2. The lowest BCUT2D eigenvalue weighted by Crippen LogP contribution is -2.47. The third kappa shape index (κ3) is 5.43. The van der Waals surface area contributed by atoms with Gasteiger partial charge in [-0.25, -0.2) is 0 Å². The summed E-state index contributed by atoms with van der Waals surface area (Å²) >= 11 is 0. The first-order valence-corrected chi connectivity index (χ1v) is 9.54. The standard InChI is InChI=1S/C20H30N2O3.2ClH/c1-3-20(4-2)15-18(25-19(20)24)8-9-21-10-12-22(13-11-21)16-6-5-7-17(23)14-16;;/h5-7,14,18,23H,3-4,8-13,15H2,1-2H3;2*1H. The van der Waals surface area contributed by atoms with Crippen LogP contribution in [0.15, 0.2) is 24.3 Å². The number of ether oxygens (including phenoxy) is 1. The van der Waals surface area contributed by atoms with E-state index in [0.717, 1.165) is 64.1 Å². The van der Waals surface area contributed by atoms with Gasteiger partial charge in [0, 0.05) is 50.9 Å². The third-order valence-corrected chi connectivity index (χ3v) is 6.01. The molecule has 1 aromatic carbocycles. The van der Waals surface area contributed by atoms with Gasteiger partial charge in [-0.05, 0) is 31.4 Å². The van der Waals surface area contributed by atoms with Crippen LogP contribution in [0.4, 0.5) is 5.69 Å². The molecule has 7 heteroatoms. The summed E-state index contributed by atoms with van der Waals surface area (Å²) in [5.74, 6) is 0.328. The van der Waals surface area contributed by atoms with E-state index in [-0.39, 0.29) is 42.3 Å². The van der Waals surface area contributed by atoms with Gasteiger partial charge >= 0.3 is 5.97 Å². The largest absolute Gasteiger partial charge is 0.508 e. The summed E-state index contributed by atoms with van der Waals surface area (Å²) in [5, 5.41) is 9.63. The summed E-state index contributed by atoms with van der Waals surface area (Å²) < 4.78 is 5.65. The Hall–Kier alpha value is -1.17. The molecular weight excluding hydrogens is 387 g/mol. The Morgan fingerprint density at radius 1 is 1.15 bits per heavy atom. The van der Waals surface area contributed by atoms with Crippen molar-refractivity contribution in [1.29, 1.82) is 0 Å². The predicted octanol–water partition coefficient (Wildman–Crippen LogP) is 3.87. The van der Waals surface area contributed by atoms with Crippen LogP contribution in [0.25, 0.3) is 0 Å². The minimum Gasteiger partial charge on any atom is -0.508 e. The highest BCUT2D eigenvalue weighted by Crippen LogP contribution is 2.41. The average Bonchev–Trinajstić information content (AvgIpc) is 2.96. The Morgan fingerprint density at radius 3 is 2.37 bits per heavy atom. The molecule has 1 unspecified atom stereocenters. The molecule has 0 aliphatic carbocycles. The molecule has 1 atom stereocenters. The van der Waals surface area contributed by atoms with E-state index < -0.39 is 0 Å². The second-order valence-electron chi connectivity index (χ2n) is 7.36. The van der Waals surface area contributed by atoms with Crippen molar-refractivity contribution in [1.82, 2.24) is 4.90 Å². The topological polar surface area (TPSA) is 53.0 Å². The number of anilines is 1. The molecule has 2 aliphatic heterocycles. The van der Waals surface area contributed by atoms with E-state index in [1.807, 2.05) is 18.2 Å². The van der Waals surface area contributed by atoms with Crippen molar-refractivity contribution in [3.63, 3.8) is 0 Å². The second kappa shape index (κ2) is 10.4. The number of hydrogen-bond acceptors (Lipinski definition) is 5. The van der Waals surface area contributed by atoms with E-state index in [1.165, 1.54) is 0 Å². The fourth-order valence-electron chi connectivity index (χ4n) is 4.07. The fourth-order valence-corrected chi connectivity index (χ4v) is 4.07. The molecule has 1 aromatic rings. The van der Waals surface area contributed by atoms with Crippen LogP contribution in [0.2, 0.25) is 0 Å². The van der Waals surface area contributed by atoms with Gasteiger partial charge in [-0.2, -0.15) is 0 Å².